The summed E-state index contributed by atoms with van der Waals surface area (Å²) in [4.78, 5) is 26.1. The number of aliphatic carboxylic acids is 1. The van der Waals surface area contributed by atoms with Gasteiger partial charge in [-0.3, -0.25) is 14.6 Å². The third-order valence-electron chi connectivity index (χ3n) is 4.86. The molecule has 2 saturated heterocycles. The molecule has 0 saturated carbocycles. The largest absolute Gasteiger partial charge is 0.481 e. The van der Waals surface area contributed by atoms with Crippen LogP contribution in [0, 0.1) is 11.7 Å². The van der Waals surface area contributed by atoms with Crippen molar-refractivity contribution in [1.29, 1.82) is 0 Å². The van der Waals surface area contributed by atoms with E-state index in [1.807, 2.05) is 4.90 Å². The Labute approximate surface area is 146 Å². The fraction of sp³-hybridized carbons (Fsp3) is 0.688. The molecule has 0 radical (unpaired) electrons. The summed E-state index contributed by atoms with van der Waals surface area (Å²) in [7, 11) is 1.65. The molecule has 2 fully saturated rings. The highest BCUT2D eigenvalue weighted by atomic mass is 19.1. The van der Waals surface area contributed by atoms with Gasteiger partial charge >= 0.3 is 5.97 Å². The van der Waals surface area contributed by atoms with Crippen molar-refractivity contribution in [1.82, 2.24) is 19.8 Å². The number of halogens is 1. The monoisotopic (exact) mass is 353 g/mol. The van der Waals surface area contributed by atoms with Crippen molar-refractivity contribution in [2.45, 2.75) is 6.04 Å². The van der Waals surface area contributed by atoms with Gasteiger partial charge in [-0.15, -0.1) is 0 Å². The van der Waals surface area contributed by atoms with Gasteiger partial charge in [0.15, 0.2) is 5.82 Å². The van der Waals surface area contributed by atoms with Gasteiger partial charge in [-0.1, -0.05) is 0 Å². The van der Waals surface area contributed by atoms with E-state index in [9.17, 15) is 14.3 Å². The molecule has 8 nitrogen and oxygen atoms in total. The lowest BCUT2D eigenvalue weighted by atomic mass is 10.1. The second-order valence-corrected chi connectivity index (χ2v) is 6.58. The van der Waals surface area contributed by atoms with Crippen molar-refractivity contribution < 1.29 is 19.0 Å². The molecule has 0 aromatic carbocycles. The van der Waals surface area contributed by atoms with E-state index >= 15 is 0 Å². The lowest BCUT2D eigenvalue weighted by molar-refractivity contribution is -0.142. The van der Waals surface area contributed by atoms with Crippen LogP contribution in [-0.2, 0) is 9.53 Å². The Balaban J connectivity index is 1.72. The first-order chi connectivity index (χ1) is 12.1. The van der Waals surface area contributed by atoms with Crippen LogP contribution in [0.15, 0.2) is 12.4 Å². The topological polar surface area (TPSA) is 82.0 Å². The zero-order valence-corrected chi connectivity index (χ0v) is 14.3. The third kappa shape index (κ3) is 4.42. The zero-order chi connectivity index (χ0) is 17.8. The number of piperazine rings is 1. The number of nitrogens with zero attached hydrogens (tertiary/aromatic N) is 5. The van der Waals surface area contributed by atoms with E-state index in [-0.39, 0.29) is 6.04 Å². The molecule has 3 heterocycles. The molecule has 3 rings (SSSR count). The minimum absolute atomic E-state index is 0.184. The van der Waals surface area contributed by atoms with Gasteiger partial charge in [0, 0.05) is 59.0 Å². The smallest absolute Gasteiger partial charge is 0.309 e. The summed E-state index contributed by atoms with van der Waals surface area (Å²) in [6.07, 6.45) is 2.35. The standard InChI is InChI=1S/C16H24FN5O3/c1-25-5-4-20-8-12(15(23)24)9-21-2-3-22(11-14(21)10-20)16-18-6-13(17)7-19-16/h6-7,12,14H,2-5,8-11H2,1H3,(H,23,24)/t12-,14+/m0/s1. The number of methoxy groups -OCH3 is 1. The normalized spacial score (nSPS) is 25.4. The second kappa shape index (κ2) is 8.03. The molecule has 2 aliphatic rings. The van der Waals surface area contributed by atoms with Gasteiger partial charge in [0.25, 0.3) is 0 Å². The minimum Gasteiger partial charge on any atom is -0.481 e. The van der Waals surface area contributed by atoms with Crippen LogP contribution < -0.4 is 4.90 Å². The number of anilines is 1. The number of rotatable bonds is 5. The number of carbonyl (C=O) groups is 1. The zero-order valence-electron chi connectivity index (χ0n) is 14.3. The summed E-state index contributed by atoms with van der Waals surface area (Å²) < 4.78 is 18.2. The van der Waals surface area contributed by atoms with Crippen LogP contribution in [0.3, 0.4) is 0 Å². The molecule has 2 aliphatic heterocycles. The highest BCUT2D eigenvalue weighted by Gasteiger charge is 2.36. The molecule has 1 N–H and O–H groups in total. The highest BCUT2D eigenvalue weighted by Crippen LogP contribution is 2.21. The van der Waals surface area contributed by atoms with Crippen LogP contribution in [0.25, 0.3) is 0 Å². The summed E-state index contributed by atoms with van der Waals surface area (Å²) >= 11 is 0. The summed E-state index contributed by atoms with van der Waals surface area (Å²) in [6, 6.07) is 0.184. The van der Waals surface area contributed by atoms with Gasteiger partial charge in [-0.05, 0) is 0 Å². The number of aromatic nitrogens is 2. The molecule has 1 aromatic rings. The molecule has 138 valence electrons. The maximum absolute atomic E-state index is 13.0. The summed E-state index contributed by atoms with van der Waals surface area (Å²) in [5.74, 6) is -1.10. The Morgan fingerprint density at radius 1 is 1.28 bits per heavy atom. The first kappa shape index (κ1) is 18.0. The van der Waals surface area contributed by atoms with Crippen molar-refractivity contribution in [3.8, 4) is 0 Å². The molecule has 0 unspecified atom stereocenters. The maximum Gasteiger partial charge on any atom is 0.309 e. The third-order valence-corrected chi connectivity index (χ3v) is 4.86. The number of fused-ring (bicyclic) bond motifs is 1. The van der Waals surface area contributed by atoms with E-state index in [0.717, 1.165) is 13.1 Å². The predicted octanol–water partition coefficient (Wildman–Crippen LogP) is -0.231. The van der Waals surface area contributed by atoms with Crippen molar-refractivity contribution in [3.05, 3.63) is 18.2 Å². The maximum atomic E-state index is 13.0. The first-order valence-electron chi connectivity index (χ1n) is 8.47. The predicted molar refractivity (Wildman–Crippen MR) is 89.0 cm³/mol. The van der Waals surface area contributed by atoms with Crippen LogP contribution in [0.5, 0.6) is 0 Å². The van der Waals surface area contributed by atoms with E-state index in [1.54, 1.807) is 7.11 Å². The molecular weight excluding hydrogens is 329 g/mol. The number of carboxylic acids is 1. The first-order valence-corrected chi connectivity index (χ1v) is 8.47. The molecule has 9 heteroatoms. The van der Waals surface area contributed by atoms with Crippen molar-refractivity contribution in [3.63, 3.8) is 0 Å². The average Bonchev–Trinajstić information content (AvgIpc) is 2.79. The van der Waals surface area contributed by atoms with Crippen LogP contribution in [0.1, 0.15) is 0 Å². The molecule has 0 spiro atoms. The van der Waals surface area contributed by atoms with Gasteiger partial charge in [-0.25, -0.2) is 14.4 Å². The van der Waals surface area contributed by atoms with E-state index in [4.69, 9.17) is 4.74 Å². The lowest BCUT2D eigenvalue weighted by Crippen LogP contribution is -2.56. The molecule has 0 bridgehead atoms. The quantitative estimate of drug-likeness (QED) is 0.777. The van der Waals surface area contributed by atoms with Crippen LogP contribution in [0.2, 0.25) is 0 Å². The number of carboxylic acid groups (broad SMARTS) is 1. The van der Waals surface area contributed by atoms with Crippen LogP contribution in [-0.4, -0.2) is 96.4 Å². The van der Waals surface area contributed by atoms with Gasteiger partial charge in [-0.2, -0.15) is 0 Å². The molecule has 0 aliphatic carbocycles. The van der Waals surface area contributed by atoms with Crippen molar-refractivity contribution in [2.24, 2.45) is 5.92 Å². The summed E-state index contributed by atoms with van der Waals surface area (Å²) in [5, 5.41) is 9.50. The Bertz CT molecular complexity index is 588. The van der Waals surface area contributed by atoms with Gasteiger partial charge in [0.2, 0.25) is 5.95 Å². The van der Waals surface area contributed by atoms with Crippen LogP contribution in [0.4, 0.5) is 10.3 Å². The number of hydrogen-bond acceptors (Lipinski definition) is 7. The van der Waals surface area contributed by atoms with Crippen LogP contribution >= 0.6 is 0 Å². The number of ether oxygens (including phenoxy) is 1. The molecule has 0 amide bonds. The highest BCUT2D eigenvalue weighted by molar-refractivity contribution is 5.70. The minimum atomic E-state index is -0.757. The fourth-order valence-corrected chi connectivity index (χ4v) is 3.54. The Morgan fingerprint density at radius 3 is 2.72 bits per heavy atom. The van der Waals surface area contributed by atoms with E-state index in [1.165, 1.54) is 12.4 Å². The Hall–Kier alpha value is -1.84. The van der Waals surface area contributed by atoms with Crippen molar-refractivity contribution >= 4 is 11.9 Å². The molecule has 2 atom stereocenters. The fourth-order valence-electron chi connectivity index (χ4n) is 3.54. The molecule has 25 heavy (non-hydrogen) atoms. The van der Waals surface area contributed by atoms with Gasteiger partial charge in [0.1, 0.15) is 0 Å². The molecule has 1 aromatic heterocycles. The summed E-state index contributed by atoms with van der Waals surface area (Å²) in [6.45, 7) is 5.26. The number of hydrogen-bond donors (Lipinski definition) is 1. The van der Waals surface area contributed by atoms with Crippen molar-refractivity contribution in [2.75, 3.05) is 64.4 Å². The lowest BCUT2D eigenvalue weighted by Gasteiger charge is -2.41. The Kier molecular flexibility index (Phi) is 5.77. The molecular formula is C16H24FN5O3. The van der Waals surface area contributed by atoms with Gasteiger partial charge < -0.3 is 14.7 Å². The average molecular weight is 353 g/mol. The Morgan fingerprint density at radius 2 is 2.04 bits per heavy atom. The van der Waals surface area contributed by atoms with E-state index in [2.05, 4.69) is 19.8 Å². The second-order valence-electron chi connectivity index (χ2n) is 6.58. The van der Waals surface area contributed by atoms with Gasteiger partial charge in [0.05, 0.1) is 24.9 Å². The van der Waals surface area contributed by atoms with E-state index < -0.39 is 17.7 Å². The van der Waals surface area contributed by atoms with E-state index in [0.29, 0.717) is 45.3 Å². The SMILES string of the molecule is COCCN1C[C@H](C(=O)O)CN2CCN(c3ncc(F)cn3)C[C@H]2C1. The summed E-state index contributed by atoms with van der Waals surface area (Å²) in [5.41, 5.74) is 0.